The van der Waals surface area contributed by atoms with Crippen LogP contribution in [0.5, 0.6) is 11.5 Å². The molecule has 0 aromatic heterocycles. The van der Waals surface area contributed by atoms with Gasteiger partial charge >= 0.3 is 0 Å². The molecule has 5 heteroatoms. The number of aliphatic hydroxyl groups is 1. The number of hydrogen-bond acceptors (Lipinski definition) is 5. The van der Waals surface area contributed by atoms with Gasteiger partial charge in [-0.15, -0.1) is 0 Å². The highest BCUT2D eigenvalue weighted by atomic mass is 16.6. The van der Waals surface area contributed by atoms with Crippen LogP contribution < -0.4 is 20.5 Å². The number of anilines is 2. The molecule has 1 aromatic rings. The molecule has 100 valence electrons. The van der Waals surface area contributed by atoms with Gasteiger partial charge in [0.15, 0.2) is 11.5 Å². The van der Waals surface area contributed by atoms with Gasteiger partial charge in [0, 0.05) is 30.7 Å². The van der Waals surface area contributed by atoms with Gasteiger partial charge in [-0.05, 0) is 0 Å². The van der Waals surface area contributed by atoms with Gasteiger partial charge in [-0.2, -0.15) is 0 Å². The Kier molecular flexibility index (Phi) is 3.52. The summed E-state index contributed by atoms with van der Waals surface area (Å²) in [5.74, 6) is 1.39. The van der Waals surface area contributed by atoms with E-state index in [4.69, 9.17) is 15.2 Å². The number of rotatable bonds is 4. The number of aliphatic hydroxyl groups excluding tert-OH is 1. The summed E-state index contributed by atoms with van der Waals surface area (Å²) >= 11 is 0. The summed E-state index contributed by atoms with van der Waals surface area (Å²) in [6, 6.07) is 3.61. The Hall–Kier alpha value is -1.62. The zero-order chi connectivity index (χ0) is 13.2. The number of nitrogen functional groups attached to an aromatic ring is 1. The first-order valence-corrected chi connectivity index (χ1v) is 6.06. The number of nitrogens with two attached hydrogens (primary N) is 1. The third kappa shape index (κ3) is 2.79. The predicted molar refractivity (Wildman–Crippen MR) is 71.2 cm³/mol. The minimum Gasteiger partial charge on any atom is -0.486 e. The van der Waals surface area contributed by atoms with E-state index in [9.17, 15) is 5.11 Å². The van der Waals surface area contributed by atoms with Crippen LogP contribution in [0.1, 0.15) is 13.8 Å². The van der Waals surface area contributed by atoms with Crippen molar-refractivity contribution in [3.63, 3.8) is 0 Å². The topological polar surface area (TPSA) is 76.7 Å². The maximum atomic E-state index is 9.22. The van der Waals surface area contributed by atoms with Gasteiger partial charge in [0.05, 0.1) is 11.4 Å². The second kappa shape index (κ2) is 4.94. The third-order valence-corrected chi connectivity index (χ3v) is 2.90. The molecule has 0 saturated heterocycles. The summed E-state index contributed by atoms with van der Waals surface area (Å²) in [5, 5.41) is 12.5. The standard InChI is InChI=1S/C13H20N2O3/c1-13(2,8-16)7-15-10-6-12-11(5-9(10)14)17-3-4-18-12/h5-6,15-16H,3-4,7-8,14H2,1-2H3. The molecular weight excluding hydrogens is 232 g/mol. The zero-order valence-electron chi connectivity index (χ0n) is 10.8. The number of benzene rings is 1. The molecule has 0 amide bonds. The molecule has 0 bridgehead atoms. The van der Waals surface area contributed by atoms with Crippen molar-refractivity contribution >= 4 is 11.4 Å². The highest BCUT2D eigenvalue weighted by molar-refractivity contribution is 5.72. The van der Waals surface area contributed by atoms with Gasteiger partial charge in [-0.3, -0.25) is 0 Å². The van der Waals surface area contributed by atoms with Crippen molar-refractivity contribution in [1.82, 2.24) is 0 Å². The van der Waals surface area contributed by atoms with E-state index in [-0.39, 0.29) is 12.0 Å². The fourth-order valence-electron chi connectivity index (χ4n) is 1.65. The fourth-order valence-corrected chi connectivity index (χ4v) is 1.65. The van der Waals surface area contributed by atoms with E-state index in [0.717, 1.165) is 5.69 Å². The molecule has 1 heterocycles. The minimum atomic E-state index is -0.195. The van der Waals surface area contributed by atoms with Crippen LogP contribution >= 0.6 is 0 Å². The molecule has 0 saturated carbocycles. The summed E-state index contributed by atoms with van der Waals surface area (Å²) in [7, 11) is 0. The quantitative estimate of drug-likeness (QED) is 0.707. The van der Waals surface area contributed by atoms with Crippen molar-refractivity contribution in [3.05, 3.63) is 12.1 Å². The van der Waals surface area contributed by atoms with Crippen molar-refractivity contribution in [2.24, 2.45) is 5.41 Å². The van der Waals surface area contributed by atoms with E-state index >= 15 is 0 Å². The molecule has 0 unspecified atom stereocenters. The van der Waals surface area contributed by atoms with Gasteiger partial charge < -0.3 is 25.6 Å². The van der Waals surface area contributed by atoms with Crippen LogP contribution in [0.25, 0.3) is 0 Å². The summed E-state index contributed by atoms with van der Waals surface area (Å²) in [6.07, 6.45) is 0. The first-order valence-electron chi connectivity index (χ1n) is 6.06. The Balaban J connectivity index is 2.13. The average molecular weight is 252 g/mol. The number of fused-ring (bicyclic) bond motifs is 1. The normalized spacial score (nSPS) is 14.4. The Bertz CT molecular complexity index is 432. The SMILES string of the molecule is CC(C)(CO)CNc1cc2c(cc1N)OCCO2. The van der Waals surface area contributed by atoms with E-state index in [1.165, 1.54) is 0 Å². The molecule has 5 nitrogen and oxygen atoms in total. The number of ether oxygens (including phenoxy) is 2. The van der Waals surface area contributed by atoms with Gasteiger partial charge in [0.1, 0.15) is 13.2 Å². The third-order valence-electron chi connectivity index (χ3n) is 2.90. The molecule has 0 atom stereocenters. The maximum Gasteiger partial charge on any atom is 0.163 e. The molecule has 4 N–H and O–H groups in total. The predicted octanol–water partition coefficient (Wildman–Crippen LogP) is 1.47. The van der Waals surface area contributed by atoms with Crippen molar-refractivity contribution in [1.29, 1.82) is 0 Å². The van der Waals surface area contributed by atoms with E-state index in [2.05, 4.69) is 5.32 Å². The molecule has 0 aliphatic carbocycles. The smallest absolute Gasteiger partial charge is 0.163 e. The van der Waals surface area contributed by atoms with Crippen LogP contribution in [0.2, 0.25) is 0 Å². The van der Waals surface area contributed by atoms with E-state index in [0.29, 0.717) is 36.9 Å². The van der Waals surface area contributed by atoms with Crippen LogP contribution in [0.3, 0.4) is 0 Å². The summed E-state index contributed by atoms with van der Waals surface area (Å²) in [4.78, 5) is 0. The van der Waals surface area contributed by atoms with E-state index in [1.807, 2.05) is 19.9 Å². The molecule has 0 spiro atoms. The Morgan fingerprint density at radius 3 is 2.50 bits per heavy atom. The van der Waals surface area contributed by atoms with Gasteiger partial charge in [-0.1, -0.05) is 13.8 Å². The largest absolute Gasteiger partial charge is 0.486 e. The van der Waals surface area contributed by atoms with E-state index in [1.54, 1.807) is 6.07 Å². The monoisotopic (exact) mass is 252 g/mol. The van der Waals surface area contributed by atoms with Crippen molar-refractivity contribution in [3.8, 4) is 11.5 Å². The van der Waals surface area contributed by atoms with Crippen molar-refractivity contribution in [2.45, 2.75) is 13.8 Å². The zero-order valence-corrected chi connectivity index (χ0v) is 10.8. The van der Waals surface area contributed by atoms with Gasteiger partial charge in [0.25, 0.3) is 0 Å². The van der Waals surface area contributed by atoms with E-state index < -0.39 is 0 Å². The molecule has 1 aliphatic rings. The second-order valence-corrected chi connectivity index (χ2v) is 5.26. The lowest BCUT2D eigenvalue weighted by atomic mass is 9.95. The van der Waals surface area contributed by atoms with Crippen molar-refractivity contribution < 1.29 is 14.6 Å². The lowest BCUT2D eigenvalue weighted by molar-refractivity contribution is 0.170. The molecule has 1 aromatic carbocycles. The molecular formula is C13H20N2O3. The highest BCUT2D eigenvalue weighted by Gasteiger charge is 2.18. The highest BCUT2D eigenvalue weighted by Crippen LogP contribution is 2.37. The van der Waals surface area contributed by atoms with Gasteiger partial charge in [-0.25, -0.2) is 0 Å². The van der Waals surface area contributed by atoms with Crippen LogP contribution in [0.4, 0.5) is 11.4 Å². The average Bonchev–Trinajstić information content (AvgIpc) is 2.36. The second-order valence-electron chi connectivity index (χ2n) is 5.26. The molecule has 0 fully saturated rings. The van der Waals surface area contributed by atoms with Crippen LogP contribution in [-0.2, 0) is 0 Å². The maximum absolute atomic E-state index is 9.22. The lowest BCUT2D eigenvalue weighted by Crippen LogP contribution is -2.27. The fraction of sp³-hybridized carbons (Fsp3) is 0.538. The van der Waals surface area contributed by atoms with Crippen LogP contribution in [0.15, 0.2) is 12.1 Å². The van der Waals surface area contributed by atoms with Crippen LogP contribution in [-0.4, -0.2) is 31.5 Å². The number of nitrogens with one attached hydrogen (secondary N) is 1. The minimum absolute atomic E-state index is 0.116. The summed E-state index contributed by atoms with van der Waals surface area (Å²) < 4.78 is 11.0. The lowest BCUT2D eigenvalue weighted by Gasteiger charge is -2.25. The van der Waals surface area contributed by atoms with Crippen molar-refractivity contribution in [2.75, 3.05) is 37.4 Å². The van der Waals surface area contributed by atoms with Gasteiger partial charge in [0.2, 0.25) is 0 Å². The first kappa shape index (κ1) is 12.8. The number of hydrogen-bond donors (Lipinski definition) is 3. The summed E-state index contributed by atoms with van der Waals surface area (Å²) in [5.41, 5.74) is 7.18. The molecule has 18 heavy (non-hydrogen) atoms. The Labute approximate surface area is 107 Å². The molecule has 0 radical (unpaired) electrons. The molecule has 2 rings (SSSR count). The molecule has 1 aliphatic heterocycles. The first-order chi connectivity index (χ1) is 8.52. The Morgan fingerprint density at radius 2 is 1.89 bits per heavy atom. The summed E-state index contributed by atoms with van der Waals surface area (Å²) in [6.45, 7) is 5.81. The Morgan fingerprint density at radius 1 is 1.28 bits per heavy atom. The van der Waals surface area contributed by atoms with Crippen LogP contribution in [0, 0.1) is 5.41 Å².